The Bertz CT molecular complexity index is 431. The molecule has 3 nitrogen and oxygen atoms in total. The molecule has 0 bridgehead atoms. The molecule has 19 heavy (non-hydrogen) atoms. The zero-order valence-electron chi connectivity index (χ0n) is 12.4. The van der Waals surface area contributed by atoms with E-state index in [9.17, 15) is 5.11 Å². The van der Waals surface area contributed by atoms with Gasteiger partial charge in [-0.15, -0.1) is 0 Å². The predicted octanol–water partition coefficient (Wildman–Crippen LogP) is 3.23. The molecule has 0 spiro atoms. The Morgan fingerprint density at radius 1 is 1.32 bits per heavy atom. The average molecular weight is 263 g/mol. The van der Waals surface area contributed by atoms with Crippen LogP contribution in [-0.4, -0.2) is 25.3 Å². The van der Waals surface area contributed by atoms with Gasteiger partial charge in [-0.1, -0.05) is 19.9 Å². The Kier molecular flexibility index (Phi) is 4.35. The standard InChI is InChI=1S/C16H25NO2/c1-11-8-9-17(10-12(11)2)14-6-5-7-15(19-4)16(14)13(3)18/h5-7,11-13,18H,8-10H2,1-4H3. The number of benzene rings is 1. The first-order valence-electron chi connectivity index (χ1n) is 7.14. The van der Waals surface area contributed by atoms with Gasteiger partial charge < -0.3 is 14.7 Å². The molecule has 0 radical (unpaired) electrons. The molecule has 1 aliphatic heterocycles. The van der Waals surface area contributed by atoms with Crippen molar-refractivity contribution in [1.82, 2.24) is 0 Å². The quantitative estimate of drug-likeness (QED) is 0.908. The lowest BCUT2D eigenvalue weighted by Gasteiger charge is -2.38. The van der Waals surface area contributed by atoms with Crippen LogP contribution >= 0.6 is 0 Å². The number of hydrogen-bond donors (Lipinski definition) is 1. The zero-order chi connectivity index (χ0) is 14.0. The number of rotatable bonds is 3. The van der Waals surface area contributed by atoms with Crippen LogP contribution in [0.5, 0.6) is 5.75 Å². The van der Waals surface area contributed by atoms with Crippen molar-refractivity contribution in [3.05, 3.63) is 23.8 Å². The molecule has 1 heterocycles. The van der Waals surface area contributed by atoms with E-state index < -0.39 is 6.10 Å². The number of nitrogens with zero attached hydrogens (tertiary/aromatic N) is 1. The van der Waals surface area contributed by atoms with Crippen LogP contribution in [0.15, 0.2) is 18.2 Å². The van der Waals surface area contributed by atoms with E-state index >= 15 is 0 Å². The van der Waals surface area contributed by atoms with Gasteiger partial charge in [0.1, 0.15) is 5.75 Å². The third-order valence-electron chi connectivity index (χ3n) is 4.36. The second kappa shape index (κ2) is 5.83. The van der Waals surface area contributed by atoms with Crippen LogP contribution < -0.4 is 9.64 Å². The van der Waals surface area contributed by atoms with Crippen LogP contribution in [0.2, 0.25) is 0 Å². The highest BCUT2D eigenvalue weighted by atomic mass is 16.5. The van der Waals surface area contributed by atoms with Gasteiger partial charge in [-0.3, -0.25) is 0 Å². The maximum Gasteiger partial charge on any atom is 0.126 e. The molecular formula is C16H25NO2. The highest BCUT2D eigenvalue weighted by Gasteiger charge is 2.26. The van der Waals surface area contributed by atoms with E-state index in [1.807, 2.05) is 12.1 Å². The van der Waals surface area contributed by atoms with E-state index in [2.05, 4.69) is 24.8 Å². The number of piperidine rings is 1. The SMILES string of the molecule is COc1cccc(N2CCC(C)C(C)C2)c1C(C)O. The molecule has 0 saturated carbocycles. The summed E-state index contributed by atoms with van der Waals surface area (Å²) >= 11 is 0. The van der Waals surface area contributed by atoms with E-state index in [0.717, 1.165) is 36.0 Å². The summed E-state index contributed by atoms with van der Waals surface area (Å²) in [7, 11) is 1.66. The predicted molar refractivity (Wildman–Crippen MR) is 78.8 cm³/mol. The van der Waals surface area contributed by atoms with Gasteiger partial charge >= 0.3 is 0 Å². The minimum atomic E-state index is -0.513. The highest BCUT2D eigenvalue weighted by Crippen LogP contribution is 2.37. The maximum atomic E-state index is 10.1. The molecule has 1 fully saturated rings. The summed E-state index contributed by atoms with van der Waals surface area (Å²) < 4.78 is 5.40. The first kappa shape index (κ1) is 14.2. The Labute approximate surface area is 116 Å². The summed E-state index contributed by atoms with van der Waals surface area (Å²) in [6.07, 6.45) is 0.693. The normalized spacial score (nSPS) is 25.2. The Balaban J connectivity index is 2.34. The second-order valence-corrected chi connectivity index (χ2v) is 5.76. The van der Waals surface area contributed by atoms with Gasteiger partial charge in [0.2, 0.25) is 0 Å². The summed E-state index contributed by atoms with van der Waals surface area (Å²) in [5.74, 6) is 2.23. The van der Waals surface area contributed by atoms with E-state index in [4.69, 9.17) is 4.74 Å². The van der Waals surface area contributed by atoms with Crippen LogP contribution in [0.3, 0.4) is 0 Å². The summed E-state index contributed by atoms with van der Waals surface area (Å²) in [5.41, 5.74) is 2.03. The van der Waals surface area contributed by atoms with Crippen molar-refractivity contribution >= 4 is 5.69 Å². The number of anilines is 1. The molecule has 3 unspecified atom stereocenters. The average Bonchev–Trinajstić information content (AvgIpc) is 2.40. The molecule has 1 saturated heterocycles. The Morgan fingerprint density at radius 2 is 2.05 bits per heavy atom. The number of ether oxygens (including phenoxy) is 1. The van der Waals surface area contributed by atoms with E-state index in [0.29, 0.717) is 5.92 Å². The van der Waals surface area contributed by atoms with Gasteiger partial charge in [-0.2, -0.15) is 0 Å². The molecule has 1 aromatic rings. The monoisotopic (exact) mass is 263 g/mol. The fraction of sp³-hybridized carbons (Fsp3) is 0.625. The number of aliphatic hydroxyl groups is 1. The lowest BCUT2D eigenvalue weighted by atomic mass is 9.88. The van der Waals surface area contributed by atoms with Crippen LogP contribution in [0.25, 0.3) is 0 Å². The van der Waals surface area contributed by atoms with Crippen molar-refractivity contribution in [1.29, 1.82) is 0 Å². The van der Waals surface area contributed by atoms with Gasteiger partial charge in [-0.05, 0) is 37.3 Å². The largest absolute Gasteiger partial charge is 0.496 e. The van der Waals surface area contributed by atoms with Crippen LogP contribution in [0.1, 0.15) is 38.9 Å². The molecule has 3 atom stereocenters. The topological polar surface area (TPSA) is 32.7 Å². The van der Waals surface area contributed by atoms with Crippen molar-refractivity contribution in [2.75, 3.05) is 25.1 Å². The summed E-state index contributed by atoms with van der Waals surface area (Å²) in [5, 5.41) is 10.1. The fourth-order valence-electron chi connectivity index (χ4n) is 2.89. The van der Waals surface area contributed by atoms with Gasteiger partial charge in [0.25, 0.3) is 0 Å². The van der Waals surface area contributed by atoms with Crippen LogP contribution in [-0.2, 0) is 0 Å². The Morgan fingerprint density at radius 3 is 2.63 bits per heavy atom. The highest BCUT2D eigenvalue weighted by molar-refractivity contribution is 5.60. The minimum Gasteiger partial charge on any atom is -0.496 e. The molecule has 1 N–H and O–H groups in total. The van der Waals surface area contributed by atoms with Gasteiger partial charge in [0.15, 0.2) is 0 Å². The molecule has 0 amide bonds. The van der Waals surface area contributed by atoms with Crippen molar-refractivity contribution in [3.63, 3.8) is 0 Å². The number of methoxy groups -OCH3 is 1. The van der Waals surface area contributed by atoms with E-state index in [-0.39, 0.29) is 0 Å². The molecular weight excluding hydrogens is 238 g/mol. The van der Waals surface area contributed by atoms with Gasteiger partial charge in [0, 0.05) is 24.3 Å². The first-order chi connectivity index (χ1) is 9.04. The van der Waals surface area contributed by atoms with Crippen molar-refractivity contribution in [2.45, 2.75) is 33.3 Å². The third-order valence-corrected chi connectivity index (χ3v) is 4.36. The second-order valence-electron chi connectivity index (χ2n) is 5.76. The number of hydrogen-bond acceptors (Lipinski definition) is 3. The fourth-order valence-corrected chi connectivity index (χ4v) is 2.89. The molecule has 2 rings (SSSR count). The molecule has 1 aliphatic rings. The zero-order valence-corrected chi connectivity index (χ0v) is 12.4. The molecule has 0 aliphatic carbocycles. The third kappa shape index (κ3) is 2.86. The molecule has 106 valence electrons. The Hall–Kier alpha value is -1.22. The number of aliphatic hydroxyl groups excluding tert-OH is 1. The molecule has 3 heteroatoms. The van der Waals surface area contributed by atoms with Crippen LogP contribution in [0, 0.1) is 11.8 Å². The smallest absolute Gasteiger partial charge is 0.126 e. The van der Waals surface area contributed by atoms with Gasteiger partial charge in [-0.25, -0.2) is 0 Å². The first-order valence-corrected chi connectivity index (χ1v) is 7.14. The lowest BCUT2D eigenvalue weighted by molar-refractivity contribution is 0.194. The maximum absolute atomic E-state index is 10.1. The summed E-state index contributed by atoms with van der Waals surface area (Å²) in [6.45, 7) is 8.53. The van der Waals surface area contributed by atoms with Crippen LogP contribution in [0.4, 0.5) is 5.69 Å². The van der Waals surface area contributed by atoms with E-state index in [1.54, 1.807) is 14.0 Å². The van der Waals surface area contributed by atoms with Crippen molar-refractivity contribution in [2.24, 2.45) is 11.8 Å². The van der Waals surface area contributed by atoms with E-state index in [1.165, 1.54) is 6.42 Å². The van der Waals surface area contributed by atoms with Gasteiger partial charge in [0.05, 0.1) is 13.2 Å². The van der Waals surface area contributed by atoms with Crippen molar-refractivity contribution in [3.8, 4) is 5.75 Å². The lowest BCUT2D eigenvalue weighted by Crippen LogP contribution is -2.39. The minimum absolute atomic E-state index is 0.513. The van der Waals surface area contributed by atoms with Crippen molar-refractivity contribution < 1.29 is 9.84 Å². The summed E-state index contributed by atoms with van der Waals surface area (Å²) in [6, 6.07) is 6.01. The molecule has 0 aromatic heterocycles. The summed E-state index contributed by atoms with van der Waals surface area (Å²) in [4.78, 5) is 2.38. The molecule has 1 aromatic carbocycles.